The fraction of sp³-hybridized carbons (Fsp3) is 0.231. The first kappa shape index (κ1) is 13.1. The average Bonchev–Trinajstić information content (AvgIpc) is 2.74. The lowest BCUT2D eigenvalue weighted by Gasteiger charge is -2.17. The molecule has 0 aliphatic heterocycles. The molecule has 6 heteroatoms. The standard InChI is InChI=1S/C13H14FN3O2/c1-16-6-5-15-12(16)8-17(2)13(19)10-4-3-9(14)7-11(10)18/h3-7,18H,8H2,1-2H3. The molecule has 0 aliphatic rings. The first-order valence-electron chi connectivity index (χ1n) is 5.69. The number of rotatable bonds is 3. The quantitative estimate of drug-likeness (QED) is 0.913. The molecule has 1 aromatic heterocycles. The Balaban J connectivity index is 2.17. The third kappa shape index (κ3) is 2.73. The fourth-order valence-electron chi connectivity index (χ4n) is 1.72. The maximum absolute atomic E-state index is 12.9. The highest BCUT2D eigenvalue weighted by atomic mass is 19.1. The summed E-state index contributed by atoms with van der Waals surface area (Å²) >= 11 is 0. The molecule has 1 heterocycles. The third-order valence-corrected chi connectivity index (χ3v) is 2.84. The van der Waals surface area contributed by atoms with Gasteiger partial charge in [-0.1, -0.05) is 0 Å². The van der Waals surface area contributed by atoms with Gasteiger partial charge in [-0.2, -0.15) is 0 Å². The topological polar surface area (TPSA) is 58.4 Å². The number of hydrogen-bond acceptors (Lipinski definition) is 3. The SMILES string of the molecule is CN(Cc1nccn1C)C(=O)c1ccc(F)cc1O. The van der Waals surface area contributed by atoms with Crippen LogP contribution in [0.2, 0.25) is 0 Å². The summed E-state index contributed by atoms with van der Waals surface area (Å²) in [5.41, 5.74) is 0.0677. The molecule has 0 fully saturated rings. The Morgan fingerprint density at radius 2 is 2.26 bits per heavy atom. The van der Waals surface area contributed by atoms with Crippen molar-refractivity contribution in [2.45, 2.75) is 6.54 Å². The van der Waals surface area contributed by atoms with E-state index in [1.807, 2.05) is 7.05 Å². The number of phenols is 1. The number of amides is 1. The van der Waals surface area contributed by atoms with Crippen molar-refractivity contribution in [2.75, 3.05) is 7.05 Å². The minimum absolute atomic E-state index is 0.0677. The van der Waals surface area contributed by atoms with E-state index in [9.17, 15) is 14.3 Å². The van der Waals surface area contributed by atoms with E-state index in [2.05, 4.69) is 4.98 Å². The van der Waals surface area contributed by atoms with E-state index in [0.29, 0.717) is 6.54 Å². The molecule has 1 N–H and O–H groups in total. The van der Waals surface area contributed by atoms with Crippen LogP contribution in [0.25, 0.3) is 0 Å². The van der Waals surface area contributed by atoms with Crippen LogP contribution < -0.4 is 0 Å². The van der Waals surface area contributed by atoms with Crippen molar-refractivity contribution in [3.8, 4) is 5.75 Å². The van der Waals surface area contributed by atoms with Crippen molar-refractivity contribution in [1.82, 2.24) is 14.5 Å². The van der Waals surface area contributed by atoms with Crippen LogP contribution in [0.15, 0.2) is 30.6 Å². The Kier molecular flexibility index (Phi) is 3.50. The van der Waals surface area contributed by atoms with Crippen molar-refractivity contribution in [3.63, 3.8) is 0 Å². The Morgan fingerprint density at radius 3 is 2.84 bits per heavy atom. The van der Waals surface area contributed by atoms with Crippen LogP contribution in [0.1, 0.15) is 16.2 Å². The smallest absolute Gasteiger partial charge is 0.257 e. The van der Waals surface area contributed by atoms with E-state index in [1.54, 1.807) is 24.0 Å². The molecule has 0 atom stereocenters. The zero-order chi connectivity index (χ0) is 14.0. The predicted molar refractivity (Wildman–Crippen MR) is 67.1 cm³/mol. The van der Waals surface area contributed by atoms with Crippen LogP contribution in [0.4, 0.5) is 4.39 Å². The molecule has 5 nitrogen and oxygen atoms in total. The first-order chi connectivity index (χ1) is 8.99. The van der Waals surface area contributed by atoms with E-state index in [-0.39, 0.29) is 17.2 Å². The summed E-state index contributed by atoms with van der Waals surface area (Å²) in [4.78, 5) is 17.6. The second-order valence-electron chi connectivity index (χ2n) is 4.28. The molecule has 100 valence electrons. The van der Waals surface area contributed by atoms with Crippen LogP contribution in [0, 0.1) is 5.82 Å². The second kappa shape index (κ2) is 5.09. The van der Waals surface area contributed by atoms with Gasteiger partial charge in [0.1, 0.15) is 17.4 Å². The van der Waals surface area contributed by atoms with E-state index in [0.717, 1.165) is 18.0 Å². The third-order valence-electron chi connectivity index (χ3n) is 2.84. The number of aromatic nitrogens is 2. The minimum atomic E-state index is -0.583. The van der Waals surface area contributed by atoms with Gasteiger partial charge in [0.05, 0.1) is 12.1 Å². The van der Waals surface area contributed by atoms with E-state index >= 15 is 0 Å². The number of hydrogen-bond donors (Lipinski definition) is 1. The predicted octanol–water partition coefficient (Wildman–Crippen LogP) is 1.54. The Labute approximate surface area is 109 Å². The van der Waals surface area contributed by atoms with Gasteiger partial charge in [-0.3, -0.25) is 4.79 Å². The molecule has 1 aromatic carbocycles. The van der Waals surface area contributed by atoms with Crippen molar-refractivity contribution in [3.05, 3.63) is 47.8 Å². The van der Waals surface area contributed by atoms with E-state index in [1.165, 1.54) is 11.0 Å². The summed E-state index contributed by atoms with van der Waals surface area (Å²) in [7, 11) is 3.43. The molecule has 0 aliphatic carbocycles. The maximum atomic E-state index is 12.9. The number of carbonyl (C=O) groups is 1. The summed E-state index contributed by atoms with van der Waals surface area (Å²) in [6.07, 6.45) is 3.42. The summed E-state index contributed by atoms with van der Waals surface area (Å²) in [6.45, 7) is 0.305. The second-order valence-corrected chi connectivity index (χ2v) is 4.28. The number of carbonyl (C=O) groups excluding carboxylic acids is 1. The Morgan fingerprint density at radius 1 is 1.53 bits per heavy atom. The molecule has 0 saturated heterocycles. The van der Waals surface area contributed by atoms with Crippen LogP contribution in [0.5, 0.6) is 5.75 Å². The zero-order valence-electron chi connectivity index (χ0n) is 10.7. The van der Waals surface area contributed by atoms with Gasteiger partial charge in [-0.05, 0) is 12.1 Å². The summed E-state index contributed by atoms with van der Waals surface area (Å²) < 4.78 is 14.7. The van der Waals surface area contributed by atoms with Gasteiger partial charge in [0.2, 0.25) is 0 Å². The highest BCUT2D eigenvalue weighted by Crippen LogP contribution is 2.20. The van der Waals surface area contributed by atoms with Gasteiger partial charge in [-0.15, -0.1) is 0 Å². The lowest BCUT2D eigenvalue weighted by atomic mass is 10.1. The largest absolute Gasteiger partial charge is 0.507 e. The summed E-state index contributed by atoms with van der Waals surface area (Å²) in [5, 5.41) is 9.58. The molecule has 2 aromatic rings. The van der Waals surface area contributed by atoms with Crippen LogP contribution >= 0.6 is 0 Å². The molecule has 0 bridgehead atoms. The lowest BCUT2D eigenvalue weighted by molar-refractivity contribution is 0.0777. The van der Waals surface area contributed by atoms with Gasteiger partial charge in [-0.25, -0.2) is 9.37 Å². The molecule has 0 saturated carbocycles. The minimum Gasteiger partial charge on any atom is -0.507 e. The average molecular weight is 263 g/mol. The number of aromatic hydroxyl groups is 1. The molecule has 2 rings (SSSR count). The van der Waals surface area contributed by atoms with Gasteiger partial charge in [0, 0.05) is 32.6 Å². The van der Waals surface area contributed by atoms with Crippen LogP contribution in [0.3, 0.4) is 0 Å². The number of benzene rings is 1. The first-order valence-corrected chi connectivity index (χ1v) is 5.69. The van der Waals surface area contributed by atoms with Crippen LogP contribution in [-0.4, -0.2) is 32.5 Å². The number of nitrogens with zero attached hydrogens (tertiary/aromatic N) is 3. The van der Waals surface area contributed by atoms with E-state index in [4.69, 9.17) is 0 Å². The number of aryl methyl sites for hydroxylation is 1. The number of halogens is 1. The van der Waals surface area contributed by atoms with Gasteiger partial charge < -0.3 is 14.6 Å². The van der Waals surface area contributed by atoms with E-state index < -0.39 is 5.82 Å². The summed E-state index contributed by atoms with van der Waals surface area (Å²) in [5.74, 6) is -0.615. The Bertz CT molecular complexity index is 610. The monoisotopic (exact) mass is 263 g/mol. The van der Waals surface area contributed by atoms with Crippen molar-refractivity contribution >= 4 is 5.91 Å². The van der Waals surface area contributed by atoms with Crippen molar-refractivity contribution in [1.29, 1.82) is 0 Å². The normalized spacial score (nSPS) is 10.5. The summed E-state index contributed by atoms with van der Waals surface area (Å²) in [6, 6.07) is 3.32. The fourth-order valence-corrected chi connectivity index (χ4v) is 1.72. The molecule has 0 spiro atoms. The molecule has 1 amide bonds. The number of phenolic OH excluding ortho intramolecular Hbond substituents is 1. The molecular weight excluding hydrogens is 249 g/mol. The molecule has 19 heavy (non-hydrogen) atoms. The van der Waals surface area contributed by atoms with Gasteiger partial charge >= 0.3 is 0 Å². The van der Waals surface area contributed by atoms with Crippen LogP contribution in [-0.2, 0) is 13.6 Å². The molecule has 0 unspecified atom stereocenters. The van der Waals surface area contributed by atoms with Gasteiger partial charge in [0.15, 0.2) is 0 Å². The molecule has 0 radical (unpaired) electrons. The highest BCUT2D eigenvalue weighted by molar-refractivity contribution is 5.96. The maximum Gasteiger partial charge on any atom is 0.257 e. The Hall–Kier alpha value is -2.37. The van der Waals surface area contributed by atoms with Crippen molar-refractivity contribution < 1.29 is 14.3 Å². The number of imidazole rings is 1. The molecular formula is C13H14FN3O2. The van der Waals surface area contributed by atoms with Gasteiger partial charge in [0.25, 0.3) is 5.91 Å². The lowest BCUT2D eigenvalue weighted by Crippen LogP contribution is -2.27. The highest BCUT2D eigenvalue weighted by Gasteiger charge is 2.17. The van der Waals surface area contributed by atoms with Crippen molar-refractivity contribution in [2.24, 2.45) is 7.05 Å². The zero-order valence-corrected chi connectivity index (χ0v) is 10.7.